The molecule has 2 aromatic heterocycles. The lowest BCUT2D eigenvalue weighted by atomic mass is 9.96. The fourth-order valence-electron chi connectivity index (χ4n) is 5.06. The third kappa shape index (κ3) is 3.84. The van der Waals surface area contributed by atoms with E-state index in [4.69, 9.17) is 4.98 Å². The Morgan fingerprint density at radius 2 is 1.91 bits per heavy atom. The van der Waals surface area contributed by atoms with Crippen LogP contribution < -0.4 is 0 Å². The molecule has 3 aromatic rings. The average Bonchev–Trinajstić information content (AvgIpc) is 3.50. The van der Waals surface area contributed by atoms with E-state index in [2.05, 4.69) is 18.8 Å². The van der Waals surface area contributed by atoms with Crippen molar-refractivity contribution in [3.63, 3.8) is 0 Å². The van der Waals surface area contributed by atoms with Gasteiger partial charge in [0.2, 0.25) is 0 Å². The van der Waals surface area contributed by atoms with Crippen LogP contribution in [0.4, 0.5) is 4.39 Å². The SMILES string of the molecule is Cc1nsc(-c2nc(C3C[C@H](N(C)C)CC3=O)c3n2CCN(C(=O)c2ccc(F)cc2)[C@@H]3C)n1. The van der Waals surface area contributed by atoms with Crippen LogP contribution in [0.25, 0.3) is 10.8 Å². The van der Waals surface area contributed by atoms with E-state index in [1.54, 1.807) is 4.90 Å². The van der Waals surface area contributed by atoms with E-state index in [0.717, 1.165) is 11.4 Å². The third-order valence-corrected chi connectivity index (χ3v) is 7.73. The summed E-state index contributed by atoms with van der Waals surface area (Å²) >= 11 is 1.29. The van der Waals surface area contributed by atoms with Gasteiger partial charge in [0, 0.05) is 31.1 Å². The number of benzene rings is 1. The summed E-state index contributed by atoms with van der Waals surface area (Å²) in [7, 11) is 3.98. The van der Waals surface area contributed by atoms with Crippen molar-refractivity contribution in [3.05, 3.63) is 52.9 Å². The normalized spacial score (nSPS) is 22.5. The highest BCUT2D eigenvalue weighted by atomic mass is 32.1. The molecule has 0 spiro atoms. The fraction of sp³-hybridized carbons (Fsp3) is 0.458. The highest BCUT2D eigenvalue weighted by Gasteiger charge is 2.42. The molecule has 0 radical (unpaired) electrons. The van der Waals surface area contributed by atoms with E-state index < -0.39 is 0 Å². The van der Waals surface area contributed by atoms with E-state index in [-0.39, 0.29) is 35.5 Å². The van der Waals surface area contributed by atoms with Gasteiger partial charge in [0.05, 0.1) is 23.3 Å². The number of rotatable bonds is 4. The Bertz CT molecular complexity index is 1250. The van der Waals surface area contributed by atoms with Gasteiger partial charge in [-0.25, -0.2) is 14.4 Å². The molecule has 10 heteroatoms. The molecular weight excluding hydrogens is 455 g/mol. The predicted octanol–water partition coefficient (Wildman–Crippen LogP) is 3.44. The van der Waals surface area contributed by atoms with E-state index in [1.165, 1.54) is 35.8 Å². The first-order chi connectivity index (χ1) is 16.2. The van der Waals surface area contributed by atoms with Crippen molar-refractivity contribution < 1.29 is 14.0 Å². The number of amides is 1. The minimum absolute atomic E-state index is 0.164. The first-order valence-corrected chi connectivity index (χ1v) is 12.2. The van der Waals surface area contributed by atoms with Crippen LogP contribution in [-0.2, 0) is 11.3 Å². The molecule has 0 N–H and O–H groups in total. The van der Waals surface area contributed by atoms with Crippen molar-refractivity contribution in [2.24, 2.45) is 0 Å². The molecule has 8 nitrogen and oxygen atoms in total. The quantitative estimate of drug-likeness (QED) is 0.567. The van der Waals surface area contributed by atoms with Crippen molar-refractivity contribution in [2.45, 2.75) is 51.2 Å². The van der Waals surface area contributed by atoms with Crippen LogP contribution in [0.1, 0.15) is 59.3 Å². The number of imidazole rings is 1. The fourth-order valence-corrected chi connectivity index (χ4v) is 5.73. The van der Waals surface area contributed by atoms with Crippen LogP contribution in [0.5, 0.6) is 0 Å². The van der Waals surface area contributed by atoms with Crippen molar-refractivity contribution in [1.82, 2.24) is 28.7 Å². The molecule has 0 bridgehead atoms. The monoisotopic (exact) mass is 482 g/mol. The van der Waals surface area contributed by atoms with Gasteiger partial charge in [0.15, 0.2) is 10.8 Å². The molecule has 1 fully saturated rings. The number of carbonyl (C=O) groups is 2. The summed E-state index contributed by atoms with van der Waals surface area (Å²) in [6, 6.07) is 5.47. The second-order valence-corrected chi connectivity index (χ2v) is 10.0. The molecule has 178 valence electrons. The second-order valence-electron chi connectivity index (χ2n) is 9.26. The summed E-state index contributed by atoms with van der Waals surface area (Å²) < 4.78 is 19.8. The molecule has 1 aromatic carbocycles. The summed E-state index contributed by atoms with van der Waals surface area (Å²) in [4.78, 5) is 39.8. The van der Waals surface area contributed by atoms with Gasteiger partial charge in [-0.15, -0.1) is 0 Å². The molecule has 0 saturated heterocycles. The lowest BCUT2D eigenvalue weighted by Gasteiger charge is -2.36. The minimum Gasteiger partial charge on any atom is -0.329 e. The van der Waals surface area contributed by atoms with Crippen LogP contribution in [0.2, 0.25) is 0 Å². The number of halogens is 1. The zero-order valence-electron chi connectivity index (χ0n) is 19.7. The van der Waals surface area contributed by atoms with E-state index in [9.17, 15) is 14.0 Å². The molecule has 1 unspecified atom stereocenters. The van der Waals surface area contributed by atoms with Gasteiger partial charge in [-0.1, -0.05) is 0 Å². The van der Waals surface area contributed by atoms with Crippen LogP contribution in [0.3, 0.4) is 0 Å². The van der Waals surface area contributed by atoms with Gasteiger partial charge in [0.25, 0.3) is 5.91 Å². The highest BCUT2D eigenvalue weighted by molar-refractivity contribution is 7.09. The molecule has 5 rings (SSSR count). The lowest BCUT2D eigenvalue weighted by molar-refractivity contribution is -0.118. The van der Waals surface area contributed by atoms with Gasteiger partial charge < -0.3 is 14.4 Å². The Hall–Kier alpha value is -2.98. The Balaban J connectivity index is 1.57. The number of hydrogen-bond acceptors (Lipinski definition) is 7. The maximum absolute atomic E-state index is 13.4. The van der Waals surface area contributed by atoms with Crippen LogP contribution in [0, 0.1) is 12.7 Å². The number of Topliss-reactive ketones (excluding diaryl/α,β-unsaturated/α-hetero) is 1. The summed E-state index contributed by atoms with van der Waals surface area (Å²) in [6.45, 7) is 4.82. The lowest BCUT2D eigenvalue weighted by Crippen LogP contribution is -2.41. The molecule has 2 aliphatic rings. The van der Waals surface area contributed by atoms with Crippen molar-refractivity contribution >= 4 is 23.2 Å². The number of aromatic nitrogens is 4. The predicted molar refractivity (Wildman–Crippen MR) is 126 cm³/mol. The molecule has 1 saturated carbocycles. The molecule has 34 heavy (non-hydrogen) atoms. The number of aryl methyl sites for hydroxylation is 1. The summed E-state index contributed by atoms with van der Waals surface area (Å²) in [5.41, 5.74) is 2.05. The van der Waals surface area contributed by atoms with Crippen LogP contribution in [-0.4, -0.2) is 67.1 Å². The maximum Gasteiger partial charge on any atom is 0.254 e. The third-order valence-electron chi connectivity index (χ3n) is 6.93. The van der Waals surface area contributed by atoms with Crippen LogP contribution in [0.15, 0.2) is 24.3 Å². The summed E-state index contributed by atoms with van der Waals surface area (Å²) in [5.74, 6) is 0.699. The maximum atomic E-state index is 13.4. The molecule has 1 aliphatic heterocycles. The highest BCUT2D eigenvalue weighted by Crippen LogP contribution is 2.41. The Morgan fingerprint density at radius 3 is 2.53 bits per heavy atom. The zero-order valence-corrected chi connectivity index (χ0v) is 20.5. The first-order valence-electron chi connectivity index (χ1n) is 11.4. The van der Waals surface area contributed by atoms with Crippen LogP contribution >= 0.6 is 11.5 Å². The Morgan fingerprint density at radius 1 is 1.18 bits per heavy atom. The van der Waals surface area contributed by atoms with Gasteiger partial charge in [0.1, 0.15) is 17.4 Å². The van der Waals surface area contributed by atoms with Gasteiger partial charge in [-0.2, -0.15) is 4.37 Å². The van der Waals surface area contributed by atoms with Gasteiger partial charge >= 0.3 is 0 Å². The zero-order chi connectivity index (χ0) is 24.1. The Labute approximate surface area is 201 Å². The summed E-state index contributed by atoms with van der Waals surface area (Å²) in [5, 5.41) is 0.713. The van der Waals surface area contributed by atoms with E-state index in [0.29, 0.717) is 48.2 Å². The minimum atomic E-state index is -0.379. The standard InChI is InChI=1S/C24H27FN6O2S/c1-13-21-20(18-11-17(29(3)4)12-19(18)32)27-22(23-26-14(2)28-34-23)31(21)10-9-30(13)24(33)15-5-7-16(25)8-6-15/h5-8,13,17-18H,9-12H2,1-4H3/t13-,17+,18?/m1/s1. The topological polar surface area (TPSA) is 84.2 Å². The number of carbonyl (C=O) groups excluding carboxylic acids is 2. The largest absolute Gasteiger partial charge is 0.329 e. The van der Waals surface area contributed by atoms with Gasteiger partial charge in [-0.3, -0.25) is 9.59 Å². The summed E-state index contributed by atoms with van der Waals surface area (Å²) in [6.07, 6.45) is 1.19. The van der Waals surface area contributed by atoms with Crippen molar-refractivity contribution in [1.29, 1.82) is 0 Å². The molecular formula is C24H27FN6O2S. The molecule has 3 heterocycles. The van der Waals surface area contributed by atoms with E-state index in [1.807, 2.05) is 27.9 Å². The number of hydrogen-bond donors (Lipinski definition) is 0. The molecule has 1 amide bonds. The Kier molecular flexibility index (Phi) is 5.81. The van der Waals surface area contributed by atoms with Crippen molar-refractivity contribution in [2.75, 3.05) is 20.6 Å². The van der Waals surface area contributed by atoms with E-state index >= 15 is 0 Å². The van der Waals surface area contributed by atoms with Gasteiger partial charge in [-0.05, 0) is 70.2 Å². The number of fused-ring (bicyclic) bond motifs is 1. The number of nitrogens with zero attached hydrogens (tertiary/aromatic N) is 6. The van der Waals surface area contributed by atoms with Crippen molar-refractivity contribution in [3.8, 4) is 10.8 Å². The molecule has 1 aliphatic carbocycles. The average molecular weight is 483 g/mol. The first kappa shape index (κ1) is 22.8. The number of ketones is 1. The molecule has 3 atom stereocenters. The smallest absolute Gasteiger partial charge is 0.254 e. The second kappa shape index (κ2) is 8.66.